The van der Waals surface area contributed by atoms with Crippen LogP contribution in [0.1, 0.15) is 11.1 Å². The third kappa shape index (κ3) is 3.57. The highest BCUT2D eigenvalue weighted by molar-refractivity contribution is 5.96. The van der Waals surface area contributed by atoms with Crippen LogP contribution in [0.3, 0.4) is 0 Å². The van der Waals surface area contributed by atoms with Crippen molar-refractivity contribution >= 4 is 22.4 Å². The van der Waals surface area contributed by atoms with Crippen LogP contribution in [0.25, 0.3) is 33.2 Å². The third-order valence-corrected chi connectivity index (χ3v) is 6.30. The molecular weight excluding hydrogens is 422 g/mol. The summed E-state index contributed by atoms with van der Waals surface area (Å²) in [5.41, 5.74) is 6.91. The average molecular weight is 444 g/mol. The summed E-state index contributed by atoms with van der Waals surface area (Å²) >= 11 is 0. The van der Waals surface area contributed by atoms with Crippen LogP contribution in [-0.4, -0.2) is 15.7 Å². The molecule has 1 aliphatic rings. The van der Waals surface area contributed by atoms with E-state index in [2.05, 4.69) is 22.5 Å². The van der Waals surface area contributed by atoms with Gasteiger partial charge in [0.2, 0.25) is 5.91 Å². The van der Waals surface area contributed by atoms with E-state index in [0.717, 1.165) is 28.4 Å². The SMILES string of the molecule is O=C(Cn1nc(-c2cccc3ccccc23)ccc1=O)Nc1ccc2c(c1)Cc1ccccc1-2. The molecule has 0 fully saturated rings. The lowest BCUT2D eigenvalue weighted by Crippen LogP contribution is -2.29. The van der Waals surface area contributed by atoms with Crippen LogP contribution in [-0.2, 0) is 17.8 Å². The maximum absolute atomic E-state index is 12.8. The van der Waals surface area contributed by atoms with E-state index in [4.69, 9.17) is 0 Å². The van der Waals surface area contributed by atoms with Crippen molar-refractivity contribution in [3.63, 3.8) is 0 Å². The average Bonchev–Trinajstić information content (AvgIpc) is 3.23. The van der Waals surface area contributed by atoms with Gasteiger partial charge >= 0.3 is 0 Å². The van der Waals surface area contributed by atoms with Gasteiger partial charge in [0.1, 0.15) is 6.54 Å². The zero-order valence-electron chi connectivity index (χ0n) is 18.4. The molecule has 4 aromatic carbocycles. The number of anilines is 1. The third-order valence-electron chi connectivity index (χ3n) is 6.30. The monoisotopic (exact) mass is 443 g/mol. The molecule has 0 radical (unpaired) electrons. The van der Waals surface area contributed by atoms with Gasteiger partial charge in [-0.15, -0.1) is 0 Å². The van der Waals surface area contributed by atoms with Gasteiger partial charge in [-0.2, -0.15) is 5.10 Å². The minimum Gasteiger partial charge on any atom is -0.324 e. The van der Waals surface area contributed by atoms with Crippen molar-refractivity contribution in [2.75, 3.05) is 5.32 Å². The quantitative estimate of drug-likeness (QED) is 0.404. The van der Waals surface area contributed by atoms with Crippen LogP contribution in [0.4, 0.5) is 5.69 Å². The molecule has 0 saturated carbocycles. The molecule has 6 rings (SSSR count). The first-order valence-electron chi connectivity index (χ1n) is 11.2. The Hall–Kier alpha value is -4.51. The van der Waals surface area contributed by atoms with E-state index in [1.54, 1.807) is 6.07 Å². The Balaban J connectivity index is 1.24. The number of fused-ring (bicyclic) bond motifs is 4. The minimum absolute atomic E-state index is 0.158. The molecule has 0 atom stereocenters. The maximum Gasteiger partial charge on any atom is 0.267 e. The first-order chi connectivity index (χ1) is 16.7. The molecule has 1 N–H and O–H groups in total. The second-order valence-corrected chi connectivity index (χ2v) is 8.50. The molecule has 0 bridgehead atoms. The molecule has 0 spiro atoms. The van der Waals surface area contributed by atoms with Crippen molar-refractivity contribution in [1.82, 2.24) is 9.78 Å². The van der Waals surface area contributed by atoms with Crippen LogP contribution in [0, 0.1) is 0 Å². The molecule has 1 amide bonds. The number of nitrogens with zero attached hydrogens (tertiary/aromatic N) is 2. The maximum atomic E-state index is 12.8. The predicted molar refractivity (Wildman–Crippen MR) is 135 cm³/mol. The molecular formula is C29H21N3O2. The summed E-state index contributed by atoms with van der Waals surface area (Å²) in [5, 5.41) is 9.57. The Morgan fingerprint density at radius 1 is 0.794 bits per heavy atom. The first kappa shape index (κ1) is 20.1. The fourth-order valence-electron chi connectivity index (χ4n) is 4.71. The van der Waals surface area contributed by atoms with Gasteiger partial charge in [-0.1, -0.05) is 72.8 Å². The Morgan fingerprint density at radius 3 is 2.50 bits per heavy atom. The number of benzene rings is 4. The molecule has 1 aliphatic carbocycles. The van der Waals surface area contributed by atoms with Crippen molar-refractivity contribution in [2.45, 2.75) is 13.0 Å². The highest BCUT2D eigenvalue weighted by Gasteiger charge is 2.18. The predicted octanol–water partition coefficient (Wildman–Crippen LogP) is 5.27. The van der Waals surface area contributed by atoms with Crippen LogP contribution < -0.4 is 10.9 Å². The van der Waals surface area contributed by atoms with Crippen LogP contribution >= 0.6 is 0 Å². The van der Waals surface area contributed by atoms with Gasteiger partial charge < -0.3 is 5.32 Å². The second kappa shape index (κ2) is 8.12. The summed E-state index contributed by atoms with van der Waals surface area (Å²) in [6, 6.07) is 31.5. The summed E-state index contributed by atoms with van der Waals surface area (Å²) in [4.78, 5) is 25.3. The summed E-state index contributed by atoms with van der Waals surface area (Å²) < 4.78 is 1.22. The first-order valence-corrected chi connectivity index (χ1v) is 11.2. The van der Waals surface area contributed by atoms with Crippen molar-refractivity contribution in [2.24, 2.45) is 0 Å². The number of nitrogens with one attached hydrogen (secondary N) is 1. The molecule has 5 nitrogen and oxygen atoms in total. The lowest BCUT2D eigenvalue weighted by atomic mass is 10.0. The van der Waals surface area contributed by atoms with E-state index in [1.807, 2.05) is 72.8 Å². The summed E-state index contributed by atoms with van der Waals surface area (Å²) in [6.45, 7) is -0.158. The number of aromatic nitrogens is 2. The summed E-state index contributed by atoms with van der Waals surface area (Å²) in [5.74, 6) is -0.292. The summed E-state index contributed by atoms with van der Waals surface area (Å²) in [7, 11) is 0. The van der Waals surface area contributed by atoms with Crippen LogP contribution in [0.5, 0.6) is 0 Å². The Kier molecular flexibility index (Phi) is 4.81. The van der Waals surface area contributed by atoms with Gasteiger partial charge in [0, 0.05) is 17.3 Å². The topological polar surface area (TPSA) is 64.0 Å². The van der Waals surface area contributed by atoms with Crippen LogP contribution in [0.2, 0.25) is 0 Å². The number of carbonyl (C=O) groups excluding carboxylic acids is 1. The van der Waals surface area contributed by atoms with E-state index in [-0.39, 0.29) is 18.0 Å². The van der Waals surface area contributed by atoms with Gasteiger partial charge in [-0.25, -0.2) is 4.68 Å². The van der Waals surface area contributed by atoms with Gasteiger partial charge in [0.25, 0.3) is 5.56 Å². The Labute approximate surface area is 196 Å². The minimum atomic E-state index is -0.316. The molecule has 1 heterocycles. The molecule has 1 aromatic heterocycles. The van der Waals surface area contributed by atoms with E-state index in [1.165, 1.54) is 33.0 Å². The lowest BCUT2D eigenvalue weighted by molar-refractivity contribution is -0.117. The lowest BCUT2D eigenvalue weighted by Gasteiger charge is -2.11. The zero-order valence-corrected chi connectivity index (χ0v) is 18.4. The molecule has 0 saturated heterocycles. The largest absolute Gasteiger partial charge is 0.324 e. The molecule has 5 heteroatoms. The number of carbonyl (C=O) groups is 1. The van der Waals surface area contributed by atoms with Gasteiger partial charge in [0.15, 0.2) is 0 Å². The van der Waals surface area contributed by atoms with E-state index < -0.39 is 0 Å². The van der Waals surface area contributed by atoms with Crippen molar-refractivity contribution in [1.29, 1.82) is 0 Å². The van der Waals surface area contributed by atoms with Gasteiger partial charge in [-0.05, 0) is 57.6 Å². The Bertz CT molecular complexity index is 1630. The number of amides is 1. The van der Waals surface area contributed by atoms with E-state index in [9.17, 15) is 9.59 Å². The Morgan fingerprint density at radius 2 is 1.56 bits per heavy atom. The van der Waals surface area contributed by atoms with Crippen molar-refractivity contribution in [3.05, 3.63) is 119 Å². The van der Waals surface area contributed by atoms with E-state index in [0.29, 0.717) is 5.69 Å². The van der Waals surface area contributed by atoms with Gasteiger partial charge in [-0.3, -0.25) is 9.59 Å². The molecule has 164 valence electrons. The highest BCUT2D eigenvalue weighted by atomic mass is 16.2. The molecule has 34 heavy (non-hydrogen) atoms. The van der Waals surface area contributed by atoms with Gasteiger partial charge in [0.05, 0.1) is 5.69 Å². The molecule has 0 aliphatic heterocycles. The number of rotatable bonds is 4. The zero-order chi connectivity index (χ0) is 23.1. The highest BCUT2D eigenvalue weighted by Crippen LogP contribution is 2.37. The fourth-order valence-corrected chi connectivity index (χ4v) is 4.71. The normalized spacial score (nSPS) is 11.8. The molecule has 0 unspecified atom stereocenters. The van der Waals surface area contributed by atoms with Crippen LogP contribution in [0.15, 0.2) is 102 Å². The van der Waals surface area contributed by atoms with E-state index >= 15 is 0 Å². The fraction of sp³-hybridized carbons (Fsp3) is 0.0690. The number of hydrogen-bond acceptors (Lipinski definition) is 3. The smallest absolute Gasteiger partial charge is 0.267 e. The second-order valence-electron chi connectivity index (χ2n) is 8.50. The summed E-state index contributed by atoms with van der Waals surface area (Å²) in [6.07, 6.45) is 0.851. The van der Waals surface area contributed by atoms with Crippen molar-refractivity contribution < 1.29 is 4.79 Å². The number of hydrogen-bond donors (Lipinski definition) is 1. The molecule has 5 aromatic rings. The van der Waals surface area contributed by atoms with Crippen molar-refractivity contribution in [3.8, 4) is 22.4 Å². The standard InChI is InChI=1S/C29H21N3O2/c33-28(30-22-12-13-25-21(17-22)16-20-7-2-4-10-24(20)25)18-32-29(34)15-14-27(31-32)26-11-5-8-19-6-1-3-9-23(19)26/h1-15,17H,16,18H2,(H,30,33).